The van der Waals surface area contributed by atoms with E-state index in [9.17, 15) is 18.0 Å². The van der Waals surface area contributed by atoms with Crippen molar-refractivity contribution in [2.45, 2.75) is 52.1 Å². The lowest BCUT2D eigenvalue weighted by molar-refractivity contribution is -0.146. The van der Waals surface area contributed by atoms with Crippen LogP contribution in [0.5, 0.6) is 0 Å². The number of likely N-dealkylation sites (tertiary alicyclic amines) is 1. The highest BCUT2D eigenvalue weighted by molar-refractivity contribution is 5.76. The first-order chi connectivity index (χ1) is 13.8. The maximum atomic E-state index is 13.3. The molecule has 0 spiro atoms. The van der Waals surface area contributed by atoms with Gasteiger partial charge >= 0.3 is 6.18 Å². The molecule has 2 saturated heterocycles. The van der Waals surface area contributed by atoms with E-state index < -0.39 is 12.0 Å². The zero-order chi connectivity index (χ0) is 20.8. The van der Waals surface area contributed by atoms with Crippen molar-refractivity contribution >= 4 is 17.4 Å². The van der Waals surface area contributed by atoms with Crippen molar-refractivity contribution in [3.63, 3.8) is 0 Å². The quantitative estimate of drug-likeness (QED) is 0.778. The van der Waals surface area contributed by atoms with E-state index in [0.29, 0.717) is 36.8 Å². The molecular formula is C19H25F3N6O. The van der Waals surface area contributed by atoms with Gasteiger partial charge in [0.25, 0.3) is 5.82 Å². The molecule has 2 aliphatic heterocycles. The van der Waals surface area contributed by atoms with Gasteiger partial charge in [-0.15, -0.1) is 15.3 Å². The van der Waals surface area contributed by atoms with Crippen LogP contribution in [-0.2, 0) is 11.0 Å². The van der Waals surface area contributed by atoms with Gasteiger partial charge in [-0.2, -0.15) is 17.7 Å². The number of halogens is 3. The zero-order valence-electron chi connectivity index (χ0n) is 16.7. The number of hydrogen-bond donors (Lipinski definition) is 0. The summed E-state index contributed by atoms with van der Waals surface area (Å²) in [5.74, 6) is 0.104. The molecule has 4 rings (SSSR count). The first-order valence-corrected chi connectivity index (χ1v) is 10.1. The molecule has 0 saturated carbocycles. The van der Waals surface area contributed by atoms with Gasteiger partial charge in [-0.3, -0.25) is 4.79 Å². The normalized spacial score (nSPS) is 19.4. The predicted octanol–water partition coefficient (Wildman–Crippen LogP) is 2.99. The van der Waals surface area contributed by atoms with Crippen molar-refractivity contribution in [2.24, 2.45) is 5.92 Å². The monoisotopic (exact) mass is 410 g/mol. The average molecular weight is 410 g/mol. The molecule has 2 fully saturated rings. The summed E-state index contributed by atoms with van der Waals surface area (Å²) in [6.07, 6.45) is -0.162. The third kappa shape index (κ3) is 3.76. The van der Waals surface area contributed by atoms with Crippen LogP contribution in [0.2, 0.25) is 0 Å². The van der Waals surface area contributed by atoms with E-state index >= 15 is 0 Å². The lowest BCUT2D eigenvalue weighted by Gasteiger charge is -2.37. The molecule has 0 unspecified atom stereocenters. The Kier molecular flexibility index (Phi) is 5.12. The van der Waals surface area contributed by atoms with Crippen molar-refractivity contribution in [3.05, 3.63) is 17.0 Å². The van der Waals surface area contributed by atoms with Gasteiger partial charge in [0.1, 0.15) is 0 Å². The SMILES string of the molecule is Cc1c(N2CCC(CN3CCCCC3=O)CC2)nn2c(C(F)(F)F)nnc2c1C. The molecule has 0 N–H and O–H groups in total. The Labute approximate surface area is 166 Å². The van der Waals surface area contributed by atoms with Crippen molar-refractivity contribution in [1.29, 1.82) is 0 Å². The third-order valence-electron chi connectivity index (χ3n) is 6.14. The van der Waals surface area contributed by atoms with Crippen LogP contribution in [0.3, 0.4) is 0 Å². The fourth-order valence-electron chi connectivity index (χ4n) is 4.28. The van der Waals surface area contributed by atoms with E-state index in [0.717, 1.165) is 48.9 Å². The van der Waals surface area contributed by atoms with Gasteiger partial charge in [0.15, 0.2) is 11.5 Å². The van der Waals surface area contributed by atoms with E-state index in [1.165, 1.54) is 0 Å². The summed E-state index contributed by atoms with van der Waals surface area (Å²) in [6, 6.07) is 0. The van der Waals surface area contributed by atoms with Crippen molar-refractivity contribution in [3.8, 4) is 0 Å². The molecule has 4 heterocycles. The lowest BCUT2D eigenvalue weighted by atomic mass is 9.95. The topological polar surface area (TPSA) is 66.6 Å². The van der Waals surface area contributed by atoms with Gasteiger partial charge < -0.3 is 9.80 Å². The fourth-order valence-corrected chi connectivity index (χ4v) is 4.28. The van der Waals surface area contributed by atoms with E-state index in [1.807, 2.05) is 16.7 Å². The number of carbonyl (C=O) groups is 1. The summed E-state index contributed by atoms with van der Waals surface area (Å²) >= 11 is 0. The number of piperidine rings is 2. The number of hydrogen-bond acceptors (Lipinski definition) is 5. The summed E-state index contributed by atoms with van der Waals surface area (Å²) in [6.45, 7) is 6.63. The second kappa shape index (κ2) is 7.46. The largest absolute Gasteiger partial charge is 0.453 e. The first-order valence-electron chi connectivity index (χ1n) is 10.1. The summed E-state index contributed by atoms with van der Waals surface area (Å²) in [5.41, 5.74) is 1.61. The van der Waals surface area contributed by atoms with Crippen LogP contribution in [0, 0.1) is 19.8 Å². The molecule has 10 heteroatoms. The van der Waals surface area contributed by atoms with Crippen LogP contribution in [0.4, 0.5) is 19.0 Å². The summed E-state index contributed by atoms with van der Waals surface area (Å²) in [4.78, 5) is 16.1. The Morgan fingerprint density at radius 3 is 2.41 bits per heavy atom. The number of nitrogens with zero attached hydrogens (tertiary/aromatic N) is 6. The second-order valence-corrected chi connectivity index (χ2v) is 8.06. The molecule has 158 valence electrons. The average Bonchev–Trinajstić information content (AvgIpc) is 3.12. The molecule has 7 nitrogen and oxygen atoms in total. The summed E-state index contributed by atoms with van der Waals surface area (Å²) in [5, 5.41) is 11.3. The van der Waals surface area contributed by atoms with Gasteiger partial charge in [-0.1, -0.05) is 0 Å². The van der Waals surface area contributed by atoms with Gasteiger partial charge in [-0.05, 0) is 45.4 Å². The van der Waals surface area contributed by atoms with Gasteiger partial charge in [-0.25, -0.2) is 0 Å². The van der Waals surface area contributed by atoms with Crippen molar-refractivity contribution in [2.75, 3.05) is 31.1 Å². The highest BCUT2D eigenvalue weighted by atomic mass is 19.4. The molecule has 0 radical (unpaired) electrons. The van der Waals surface area contributed by atoms with Crippen molar-refractivity contribution < 1.29 is 18.0 Å². The van der Waals surface area contributed by atoms with Gasteiger partial charge in [0, 0.05) is 43.7 Å². The van der Waals surface area contributed by atoms with Crippen LogP contribution in [0.15, 0.2) is 0 Å². The molecule has 0 aliphatic carbocycles. The molecular weight excluding hydrogens is 385 g/mol. The number of fused-ring (bicyclic) bond motifs is 1. The highest BCUT2D eigenvalue weighted by Gasteiger charge is 2.38. The molecule has 1 amide bonds. The van der Waals surface area contributed by atoms with Gasteiger partial charge in [0.2, 0.25) is 5.91 Å². The Morgan fingerprint density at radius 2 is 1.76 bits per heavy atom. The Balaban J connectivity index is 1.52. The molecule has 2 aliphatic rings. The minimum atomic E-state index is -4.61. The smallest absolute Gasteiger partial charge is 0.355 e. The van der Waals surface area contributed by atoms with Crippen LogP contribution >= 0.6 is 0 Å². The number of rotatable bonds is 3. The standard InChI is InChI=1S/C19H25F3N6O/c1-12-13(2)17(25-28-16(12)23-24-18(28)19(20,21)22)26-9-6-14(7-10-26)11-27-8-4-3-5-15(27)29/h14H,3-11H2,1-2H3. The maximum Gasteiger partial charge on any atom is 0.453 e. The number of aryl methyl sites for hydroxylation is 1. The number of amides is 1. The maximum absolute atomic E-state index is 13.3. The van der Waals surface area contributed by atoms with Crippen LogP contribution < -0.4 is 4.90 Å². The number of aromatic nitrogens is 4. The molecule has 29 heavy (non-hydrogen) atoms. The van der Waals surface area contributed by atoms with E-state index in [1.54, 1.807) is 6.92 Å². The highest BCUT2D eigenvalue weighted by Crippen LogP contribution is 2.32. The zero-order valence-corrected chi connectivity index (χ0v) is 16.7. The predicted molar refractivity (Wildman–Crippen MR) is 101 cm³/mol. The first kappa shape index (κ1) is 19.9. The number of alkyl halides is 3. The molecule has 2 aromatic heterocycles. The van der Waals surface area contributed by atoms with Crippen LogP contribution in [0.25, 0.3) is 5.65 Å². The minimum Gasteiger partial charge on any atom is -0.355 e. The number of anilines is 1. The van der Waals surface area contributed by atoms with E-state index in [-0.39, 0.29) is 11.6 Å². The van der Waals surface area contributed by atoms with Crippen molar-refractivity contribution in [1.82, 2.24) is 24.7 Å². The Bertz CT molecular complexity index is 917. The Morgan fingerprint density at radius 1 is 1.03 bits per heavy atom. The molecule has 0 atom stereocenters. The third-order valence-corrected chi connectivity index (χ3v) is 6.14. The molecule has 0 bridgehead atoms. The number of carbonyl (C=O) groups excluding carboxylic acids is 1. The van der Waals surface area contributed by atoms with Crippen LogP contribution in [-0.4, -0.2) is 56.8 Å². The van der Waals surface area contributed by atoms with E-state index in [4.69, 9.17) is 0 Å². The second-order valence-electron chi connectivity index (χ2n) is 8.06. The lowest BCUT2D eigenvalue weighted by Crippen LogP contribution is -2.43. The molecule has 0 aromatic carbocycles. The van der Waals surface area contributed by atoms with Gasteiger partial charge in [0.05, 0.1) is 0 Å². The fraction of sp³-hybridized carbons (Fsp3) is 0.684. The van der Waals surface area contributed by atoms with Crippen LogP contribution in [0.1, 0.15) is 49.1 Å². The van der Waals surface area contributed by atoms with E-state index in [2.05, 4.69) is 15.3 Å². The molecule has 2 aromatic rings. The Hall–Kier alpha value is -2.39. The summed E-state index contributed by atoms with van der Waals surface area (Å²) in [7, 11) is 0. The summed E-state index contributed by atoms with van der Waals surface area (Å²) < 4.78 is 40.6. The minimum absolute atomic E-state index is 0.136.